The molecule has 2 N–H and O–H groups in total. The maximum atomic E-state index is 13.0. The van der Waals surface area contributed by atoms with Crippen LogP contribution < -0.4 is 15.4 Å². The van der Waals surface area contributed by atoms with Crippen molar-refractivity contribution in [1.82, 2.24) is 15.1 Å². The molecule has 1 fully saturated rings. The number of carbonyl (C=O) groups excluding carboxylic acids is 1. The lowest BCUT2D eigenvalue weighted by Crippen LogP contribution is -2.52. The number of hydrogen-bond acceptors (Lipinski definition) is 4. The topological polar surface area (TPSA) is 68.2 Å². The van der Waals surface area contributed by atoms with E-state index in [4.69, 9.17) is 11.6 Å². The second-order valence-electron chi connectivity index (χ2n) is 5.71. The van der Waals surface area contributed by atoms with Gasteiger partial charge in [0.25, 0.3) is 5.91 Å². The number of nitrogens with one attached hydrogen (secondary N) is 2. The van der Waals surface area contributed by atoms with E-state index in [-0.39, 0.29) is 29.1 Å². The Labute approximate surface area is 160 Å². The van der Waals surface area contributed by atoms with Crippen LogP contribution in [0.3, 0.4) is 0 Å². The number of alkyl halides is 2. The zero-order valence-corrected chi connectivity index (χ0v) is 15.2. The van der Waals surface area contributed by atoms with Crippen LogP contribution in [0, 0.1) is 0 Å². The zero-order chi connectivity index (χ0) is 17.9. The molecule has 6 nitrogen and oxygen atoms in total. The molecule has 1 amide bonds. The number of ether oxygens (including phenoxy) is 1. The molecule has 142 valence electrons. The van der Waals surface area contributed by atoms with Crippen molar-refractivity contribution in [3.63, 3.8) is 0 Å². The minimum Gasteiger partial charge on any atom is -0.433 e. The summed E-state index contributed by atoms with van der Waals surface area (Å²) in [5, 5.41) is 10.3. The second-order valence-corrected chi connectivity index (χ2v) is 6.12. The Kier molecular flexibility index (Phi) is 6.80. The predicted octanol–water partition coefficient (Wildman–Crippen LogP) is 3.28. The maximum absolute atomic E-state index is 13.0. The third kappa shape index (κ3) is 4.25. The molecule has 1 saturated heterocycles. The van der Waals surface area contributed by atoms with Crippen molar-refractivity contribution in [2.24, 2.45) is 0 Å². The first-order valence-corrected chi connectivity index (χ1v) is 8.16. The Morgan fingerprint density at radius 3 is 2.69 bits per heavy atom. The van der Waals surface area contributed by atoms with Crippen molar-refractivity contribution in [1.29, 1.82) is 0 Å². The molecule has 0 atom stereocenters. The molecule has 0 aliphatic carbocycles. The van der Waals surface area contributed by atoms with E-state index >= 15 is 0 Å². The van der Waals surface area contributed by atoms with E-state index in [0.717, 1.165) is 0 Å². The fourth-order valence-corrected chi connectivity index (χ4v) is 3.17. The number of nitrogens with zero attached hydrogens (tertiary/aromatic N) is 2. The molecular weight excluding hydrogens is 389 g/mol. The average Bonchev–Trinajstić information content (AvgIpc) is 3.12. The van der Waals surface area contributed by atoms with Crippen molar-refractivity contribution in [2.45, 2.75) is 25.0 Å². The number of amides is 1. The molecule has 0 spiro atoms. The van der Waals surface area contributed by atoms with Gasteiger partial charge in [-0.1, -0.05) is 11.6 Å². The van der Waals surface area contributed by atoms with Crippen LogP contribution in [-0.2, 0) is 10.3 Å². The van der Waals surface area contributed by atoms with E-state index in [2.05, 4.69) is 20.5 Å². The van der Waals surface area contributed by atoms with E-state index in [1.165, 1.54) is 18.2 Å². The van der Waals surface area contributed by atoms with Gasteiger partial charge in [0.1, 0.15) is 11.3 Å². The quantitative estimate of drug-likeness (QED) is 0.799. The Balaban J connectivity index is 0.00000243. The van der Waals surface area contributed by atoms with Crippen LogP contribution in [0.15, 0.2) is 36.7 Å². The van der Waals surface area contributed by atoms with Gasteiger partial charge in [-0.25, -0.2) is 0 Å². The van der Waals surface area contributed by atoms with Crippen molar-refractivity contribution in [3.8, 4) is 5.75 Å². The lowest BCUT2D eigenvalue weighted by Gasteiger charge is -2.36. The summed E-state index contributed by atoms with van der Waals surface area (Å²) in [5.41, 5.74) is -0.402. The number of halogens is 4. The predicted molar refractivity (Wildman–Crippen MR) is 96.3 cm³/mol. The summed E-state index contributed by atoms with van der Waals surface area (Å²) < 4.78 is 30.6. The molecule has 10 heteroatoms. The van der Waals surface area contributed by atoms with Crippen LogP contribution in [0.2, 0.25) is 5.02 Å². The van der Waals surface area contributed by atoms with E-state index in [1.54, 1.807) is 23.1 Å². The molecule has 3 rings (SSSR count). The average molecular weight is 407 g/mol. The summed E-state index contributed by atoms with van der Waals surface area (Å²) in [5.74, 6) is -0.366. The number of piperidine rings is 1. The third-order valence-corrected chi connectivity index (χ3v) is 4.50. The maximum Gasteiger partial charge on any atom is 0.387 e. The molecule has 26 heavy (non-hydrogen) atoms. The standard InChI is InChI=1S/C16H17ClF2N4O2.ClH/c17-12-10-11(2-3-13(12)25-15(18)19)22-14(24)16(4-7-20-8-5-16)23-9-1-6-21-23;/h1-3,6,9-10,15,20H,4-5,7-8H2,(H,22,24);1H. The Bertz CT molecular complexity index is 738. The largest absolute Gasteiger partial charge is 0.433 e. The highest BCUT2D eigenvalue weighted by atomic mass is 35.5. The van der Waals surface area contributed by atoms with Crippen LogP contribution in [0.4, 0.5) is 14.5 Å². The Hall–Kier alpha value is -1.90. The Morgan fingerprint density at radius 1 is 1.38 bits per heavy atom. The van der Waals surface area contributed by atoms with Gasteiger partial charge in [-0.3, -0.25) is 9.48 Å². The van der Waals surface area contributed by atoms with Gasteiger partial charge in [0.05, 0.1) is 5.02 Å². The minimum absolute atomic E-state index is 0. The number of rotatable bonds is 5. The molecule has 1 aliphatic rings. The van der Waals surface area contributed by atoms with Crippen LogP contribution in [0.25, 0.3) is 0 Å². The summed E-state index contributed by atoms with van der Waals surface area (Å²) in [6, 6.07) is 5.92. The van der Waals surface area contributed by atoms with Crippen LogP contribution >= 0.6 is 24.0 Å². The summed E-state index contributed by atoms with van der Waals surface area (Å²) in [4.78, 5) is 13.0. The molecular formula is C16H18Cl2F2N4O2. The lowest BCUT2D eigenvalue weighted by molar-refractivity contribution is -0.126. The third-order valence-electron chi connectivity index (χ3n) is 4.20. The van der Waals surface area contributed by atoms with Gasteiger partial charge in [0.2, 0.25) is 0 Å². The number of anilines is 1. The van der Waals surface area contributed by atoms with Gasteiger partial charge in [0, 0.05) is 18.1 Å². The summed E-state index contributed by atoms with van der Waals surface area (Å²) >= 11 is 5.94. The normalized spacial score (nSPS) is 16.0. The molecule has 1 aromatic carbocycles. The molecule has 1 aromatic heterocycles. The highest BCUT2D eigenvalue weighted by Crippen LogP contribution is 2.32. The fraction of sp³-hybridized carbons (Fsp3) is 0.375. The van der Waals surface area contributed by atoms with Crippen LogP contribution in [-0.4, -0.2) is 35.4 Å². The highest BCUT2D eigenvalue weighted by molar-refractivity contribution is 6.32. The van der Waals surface area contributed by atoms with Crippen LogP contribution in [0.5, 0.6) is 5.75 Å². The molecule has 0 unspecified atom stereocenters. The Morgan fingerprint density at radius 2 is 2.12 bits per heavy atom. The van der Waals surface area contributed by atoms with E-state index in [1.807, 2.05) is 0 Å². The molecule has 0 bridgehead atoms. The zero-order valence-electron chi connectivity index (χ0n) is 13.6. The van der Waals surface area contributed by atoms with Gasteiger partial charge in [-0.15, -0.1) is 12.4 Å². The molecule has 2 aromatic rings. The first kappa shape index (κ1) is 20.4. The van der Waals surface area contributed by atoms with Gasteiger partial charge in [-0.05, 0) is 50.2 Å². The van der Waals surface area contributed by atoms with Crippen LogP contribution in [0.1, 0.15) is 12.8 Å². The van der Waals surface area contributed by atoms with Crippen molar-refractivity contribution in [3.05, 3.63) is 41.7 Å². The second kappa shape index (κ2) is 8.66. The van der Waals surface area contributed by atoms with Crippen molar-refractivity contribution < 1.29 is 18.3 Å². The minimum atomic E-state index is -2.96. The van der Waals surface area contributed by atoms with Gasteiger partial charge >= 0.3 is 6.61 Å². The molecule has 2 heterocycles. The first-order chi connectivity index (χ1) is 12.0. The number of benzene rings is 1. The number of carbonyl (C=O) groups is 1. The van der Waals surface area contributed by atoms with E-state index < -0.39 is 12.2 Å². The van der Waals surface area contributed by atoms with E-state index in [0.29, 0.717) is 31.6 Å². The number of hydrogen-bond donors (Lipinski definition) is 2. The van der Waals surface area contributed by atoms with Gasteiger partial charge in [-0.2, -0.15) is 13.9 Å². The van der Waals surface area contributed by atoms with Gasteiger partial charge in [0.15, 0.2) is 0 Å². The summed E-state index contributed by atoms with van der Waals surface area (Å²) in [7, 11) is 0. The highest BCUT2D eigenvalue weighted by Gasteiger charge is 2.42. The summed E-state index contributed by atoms with van der Waals surface area (Å²) in [6.45, 7) is -1.58. The fourth-order valence-electron chi connectivity index (χ4n) is 2.94. The molecule has 0 radical (unpaired) electrons. The summed E-state index contributed by atoms with van der Waals surface area (Å²) in [6.07, 6.45) is 4.56. The van der Waals surface area contributed by atoms with Gasteiger partial charge < -0.3 is 15.4 Å². The molecule has 0 saturated carbocycles. The SMILES string of the molecule is Cl.O=C(Nc1ccc(OC(F)F)c(Cl)c1)C1(n2cccn2)CCNCC1. The monoisotopic (exact) mass is 406 g/mol. The first-order valence-electron chi connectivity index (χ1n) is 7.78. The van der Waals surface area contributed by atoms with Crippen molar-refractivity contribution in [2.75, 3.05) is 18.4 Å². The smallest absolute Gasteiger partial charge is 0.387 e. The molecule has 1 aliphatic heterocycles. The number of aromatic nitrogens is 2. The van der Waals surface area contributed by atoms with E-state index in [9.17, 15) is 13.6 Å². The lowest BCUT2D eigenvalue weighted by atomic mass is 9.87. The van der Waals surface area contributed by atoms with Crippen molar-refractivity contribution >= 4 is 35.6 Å².